The molecule has 0 bridgehead atoms. The van der Waals surface area contributed by atoms with Gasteiger partial charge >= 0.3 is 0 Å². The van der Waals surface area contributed by atoms with Crippen molar-refractivity contribution in [2.24, 2.45) is 11.8 Å². The zero-order valence-electron chi connectivity index (χ0n) is 13.1. The lowest BCUT2D eigenvalue weighted by Gasteiger charge is -2.35. The largest absolute Gasteiger partial charge is 0.376 e. The molecule has 0 aliphatic heterocycles. The van der Waals surface area contributed by atoms with E-state index in [1.165, 1.54) is 25.3 Å². The second kappa shape index (κ2) is 7.87. The molecule has 1 fully saturated rings. The summed E-state index contributed by atoms with van der Waals surface area (Å²) in [5, 5.41) is 0. The molecule has 21 heavy (non-hydrogen) atoms. The van der Waals surface area contributed by atoms with Gasteiger partial charge in [0.1, 0.15) is 5.82 Å². The normalized spacial score (nSPS) is 19.4. The second-order valence-electron chi connectivity index (χ2n) is 6.02. The van der Waals surface area contributed by atoms with Crippen LogP contribution in [0, 0.1) is 18.7 Å². The third-order valence-electron chi connectivity index (χ3n) is 4.41. The van der Waals surface area contributed by atoms with E-state index in [-0.39, 0.29) is 18.0 Å². The number of nitrogens with two attached hydrogens (primary N) is 1. The lowest BCUT2D eigenvalue weighted by molar-refractivity contribution is -0.0184. The van der Waals surface area contributed by atoms with E-state index in [9.17, 15) is 4.39 Å². The molecule has 0 spiro atoms. The van der Waals surface area contributed by atoms with Crippen LogP contribution < -0.4 is 11.3 Å². The molecule has 0 heterocycles. The maximum atomic E-state index is 13.7. The molecule has 0 radical (unpaired) electrons. The Morgan fingerprint density at radius 1 is 1.29 bits per heavy atom. The highest BCUT2D eigenvalue weighted by Gasteiger charge is 2.32. The van der Waals surface area contributed by atoms with Gasteiger partial charge in [0.2, 0.25) is 0 Å². The molecule has 1 aliphatic carbocycles. The van der Waals surface area contributed by atoms with Gasteiger partial charge in [0.25, 0.3) is 0 Å². The summed E-state index contributed by atoms with van der Waals surface area (Å²) < 4.78 is 19.7. The predicted octanol–water partition coefficient (Wildman–Crippen LogP) is 3.62. The third kappa shape index (κ3) is 4.25. The number of hydrogen-bond donors (Lipinski definition) is 2. The van der Waals surface area contributed by atoms with Gasteiger partial charge in [-0.05, 0) is 55.9 Å². The Morgan fingerprint density at radius 2 is 2.00 bits per heavy atom. The predicted molar refractivity (Wildman–Crippen MR) is 83.2 cm³/mol. The zero-order chi connectivity index (χ0) is 15.2. The number of nitrogens with one attached hydrogen (secondary N) is 1. The smallest absolute Gasteiger partial charge is 0.123 e. The quantitative estimate of drug-likeness (QED) is 0.622. The SMILES string of the molecule is CCOC(C1CCCCC1)C(NN)c1cc(C)cc(F)c1. The molecule has 1 aromatic rings. The number of hydrazine groups is 1. The monoisotopic (exact) mass is 294 g/mol. The molecule has 1 aromatic carbocycles. The van der Waals surface area contributed by atoms with Crippen LogP contribution in [0.25, 0.3) is 0 Å². The van der Waals surface area contributed by atoms with Crippen LogP contribution >= 0.6 is 0 Å². The molecule has 4 heteroatoms. The Balaban J connectivity index is 2.25. The average Bonchev–Trinajstić information content (AvgIpc) is 2.47. The van der Waals surface area contributed by atoms with E-state index >= 15 is 0 Å². The number of rotatable bonds is 6. The fourth-order valence-electron chi connectivity index (χ4n) is 3.48. The minimum atomic E-state index is -0.218. The van der Waals surface area contributed by atoms with Gasteiger partial charge < -0.3 is 4.74 Å². The summed E-state index contributed by atoms with van der Waals surface area (Å²) in [6.45, 7) is 4.55. The van der Waals surface area contributed by atoms with Gasteiger partial charge in [-0.25, -0.2) is 4.39 Å². The van der Waals surface area contributed by atoms with Crippen LogP contribution in [0.3, 0.4) is 0 Å². The molecule has 2 atom stereocenters. The van der Waals surface area contributed by atoms with Crippen molar-refractivity contribution in [3.63, 3.8) is 0 Å². The molecule has 2 unspecified atom stereocenters. The van der Waals surface area contributed by atoms with E-state index in [1.807, 2.05) is 19.9 Å². The number of hydrogen-bond acceptors (Lipinski definition) is 3. The minimum Gasteiger partial charge on any atom is -0.376 e. The van der Waals surface area contributed by atoms with Gasteiger partial charge in [0.05, 0.1) is 12.1 Å². The molecule has 1 saturated carbocycles. The van der Waals surface area contributed by atoms with Crippen LogP contribution in [-0.2, 0) is 4.74 Å². The van der Waals surface area contributed by atoms with Gasteiger partial charge in [-0.3, -0.25) is 11.3 Å². The Bertz CT molecular complexity index is 426. The second-order valence-corrected chi connectivity index (χ2v) is 6.02. The number of halogens is 1. The fourth-order valence-corrected chi connectivity index (χ4v) is 3.48. The first-order chi connectivity index (χ1) is 10.2. The molecule has 3 nitrogen and oxygen atoms in total. The summed E-state index contributed by atoms with van der Waals surface area (Å²) in [5.74, 6) is 6.06. The summed E-state index contributed by atoms with van der Waals surface area (Å²) >= 11 is 0. The highest BCUT2D eigenvalue weighted by molar-refractivity contribution is 5.27. The average molecular weight is 294 g/mol. The lowest BCUT2D eigenvalue weighted by atomic mass is 9.81. The summed E-state index contributed by atoms with van der Waals surface area (Å²) in [7, 11) is 0. The van der Waals surface area contributed by atoms with Crippen molar-refractivity contribution < 1.29 is 9.13 Å². The van der Waals surface area contributed by atoms with Gasteiger partial charge in [-0.1, -0.05) is 25.3 Å². The van der Waals surface area contributed by atoms with Crippen molar-refractivity contribution in [2.45, 2.75) is 58.1 Å². The summed E-state index contributed by atoms with van der Waals surface area (Å²) in [6, 6.07) is 4.92. The van der Waals surface area contributed by atoms with Crippen LogP contribution in [0.15, 0.2) is 18.2 Å². The number of aryl methyl sites for hydroxylation is 1. The highest BCUT2D eigenvalue weighted by Crippen LogP contribution is 2.34. The van der Waals surface area contributed by atoms with Crippen molar-refractivity contribution in [1.29, 1.82) is 0 Å². The standard InChI is InChI=1S/C17H27FN2O/c1-3-21-17(13-7-5-4-6-8-13)16(20-19)14-9-12(2)10-15(18)11-14/h9-11,13,16-17,20H,3-8,19H2,1-2H3. The van der Waals surface area contributed by atoms with Crippen LogP contribution in [-0.4, -0.2) is 12.7 Å². The molecule has 3 N–H and O–H groups in total. The van der Waals surface area contributed by atoms with E-state index in [1.54, 1.807) is 6.07 Å². The fraction of sp³-hybridized carbons (Fsp3) is 0.647. The van der Waals surface area contributed by atoms with Gasteiger partial charge in [-0.2, -0.15) is 0 Å². The Hall–Kier alpha value is -0.970. The van der Waals surface area contributed by atoms with Crippen molar-refractivity contribution in [3.05, 3.63) is 35.1 Å². The van der Waals surface area contributed by atoms with Gasteiger partial charge in [0, 0.05) is 6.61 Å². The lowest BCUT2D eigenvalue weighted by Crippen LogP contribution is -2.42. The van der Waals surface area contributed by atoms with E-state index in [0.29, 0.717) is 12.5 Å². The van der Waals surface area contributed by atoms with Gasteiger partial charge in [-0.15, -0.1) is 0 Å². The molecule has 0 aromatic heterocycles. The van der Waals surface area contributed by atoms with E-state index in [4.69, 9.17) is 10.6 Å². The first-order valence-electron chi connectivity index (χ1n) is 8.00. The Kier molecular flexibility index (Phi) is 6.15. The number of benzene rings is 1. The molecule has 2 rings (SSSR count). The zero-order valence-corrected chi connectivity index (χ0v) is 13.1. The topological polar surface area (TPSA) is 47.3 Å². The maximum Gasteiger partial charge on any atom is 0.123 e. The molecule has 0 saturated heterocycles. The van der Waals surface area contributed by atoms with Crippen LogP contribution in [0.5, 0.6) is 0 Å². The van der Waals surface area contributed by atoms with Crippen LogP contribution in [0.4, 0.5) is 4.39 Å². The van der Waals surface area contributed by atoms with E-state index in [2.05, 4.69) is 5.43 Å². The van der Waals surface area contributed by atoms with E-state index in [0.717, 1.165) is 24.0 Å². The summed E-state index contributed by atoms with van der Waals surface area (Å²) in [6.07, 6.45) is 6.12. The van der Waals surface area contributed by atoms with Crippen LogP contribution in [0.1, 0.15) is 56.2 Å². The maximum absolute atomic E-state index is 13.7. The molecular formula is C17H27FN2O. The van der Waals surface area contributed by atoms with Gasteiger partial charge in [0.15, 0.2) is 0 Å². The first kappa shape index (κ1) is 16.4. The first-order valence-corrected chi connectivity index (χ1v) is 8.00. The highest BCUT2D eigenvalue weighted by atomic mass is 19.1. The van der Waals surface area contributed by atoms with Crippen molar-refractivity contribution in [1.82, 2.24) is 5.43 Å². The molecular weight excluding hydrogens is 267 g/mol. The molecule has 118 valence electrons. The minimum absolute atomic E-state index is 0.00139. The van der Waals surface area contributed by atoms with Crippen LogP contribution in [0.2, 0.25) is 0 Å². The Labute approximate surface area is 127 Å². The van der Waals surface area contributed by atoms with Crippen molar-refractivity contribution in [2.75, 3.05) is 6.61 Å². The Morgan fingerprint density at radius 3 is 2.57 bits per heavy atom. The third-order valence-corrected chi connectivity index (χ3v) is 4.41. The number of ether oxygens (including phenoxy) is 1. The molecule has 1 aliphatic rings. The summed E-state index contributed by atoms with van der Waals surface area (Å²) in [4.78, 5) is 0. The van der Waals surface area contributed by atoms with Crippen molar-refractivity contribution >= 4 is 0 Å². The van der Waals surface area contributed by atoms with Crippen molar-refractivity contribution in [3.8, 4) is 0 Å². The summed E-state index contributed by atoms with van der Waals surface area (Å²) in [5.41, 5.74) is 4.64. The van der Waals surface area contributed by atoms with E-state index < -0.39 is 0 Å². The molecule has 0 amide bonds.